The topological polar surface area (TPSA) is 98.7 Å². The fourth-order valence-electron chi connectivity index (χ4n) is 2.92. The van der Waals surface area contributed by atoms with Gasteiger partial charge in [0.2, 0.25) is 0 Å². The van der Waals surface area contributed by atoms with Crippen LogP contribution >= 0.6 is 0 Å². The molecule has 1 atom stereocenters. The molecular weight excluding hydrogens is 282 g/mol. The van der Waals surface area contributed by atoms with Crippen molar-refractivity contribution in [1.29, 1.82) is 0 Å². The molecule has 1 amide bonds. The maximum atomic E-state index is 11.8. The smallest absolute Gasteiger partial charge is 0.307 e. The Bertz CT molecular complexity index is 584. The third-order valence-electron chi connectivity index (χ3n) is 3.85. The molecule has 0 unspecified atom stereocenters. The summed E-state index contributed by atoms with van der Waals surface area (Å²) in [4.78, 5) is 25.2. The van der Waals surface area contributed by atoms with Gasteiger partial charge in [-0.15, -0.1) is 0 Å². The molecule has 22 heavy (non-hydrogen) atoms. The van der Waals surface area contributed by atoms with Crippen molar-refractivity contribution in [3.8, 4) is 0 Å². The van der Waals surface area contributed by atoms with Gasteiger partial charge in [0.05, 0.1) is 24.8 Å². The van der Waals surface area contributed by atoms with Crippen LogP contribution in [-0.2, 0) is 22.4 Å². The number of amides is 1. The summed E-state index contributed by atoms with van der Waals surface area (Å²) in [6.45, 7) is 3.22. The molecule has 4 N–H and O–H groups in total. The van der Waals surface area contributed by atoms with E-state index < -0.39 is 5.91 Å². The van der Waals surface area contributed by atoms with Crippen molar-refractivity contribution in [2.75, 3.05) is 25.1 Å². The van der Waals surface area contributed by atoms with Gasteiger partial charge in [0, 0.05) is 19.1 Å². The van der Waals surface area contributed by atoms with E-state index in [-0.39, 0.29) is 18.4 Å². The van der Waals surface area contributed by atoms with Gasteiger partial charge in [-0.1, -0.05) is 6.07 Å². The summed E-state index contributed by atoms with van der Waals surface area (Å²) in [5, 5.41) is 0. The van der Waals surface area contributed by atoms with Crippen molar-refractivity contribution >= 4 is 17.6 Å². The minimum absolute atomic E-state index is 0.0237. The van der Waals surface area contributed by atoms with E-state index in [9.17, 15) is 9.59 Å². The largest absolute Gasteiger partial charge is 0.469 e. The number of ether oxygens (including phenoxy) is 1. The maximum Gasteiger partial charge on any atom is 0.307 e. The Balaban J connectivity index is 2.29. The summed E-state index contributed by atoms with van der Waals surface area (Å²) in [7, 11) is 1.37. The Kier molecular flexibility index (Phi) is 5.03. The number of primary amides is 1. The molecule has 1 heterocycles. The normalized spacial score (nSPS) is 14.6. The van der Waals surface area contributed by atoms with E-state index in [1.807, 2.05) is 17.9 Å². The lowest BCUT2D eigenvalue weighted by Crippen LogP contribution is -2.27. The van der Waals surface area contributed by atoms with Crippen LogP contribution in [0.1, 0.15) is 34.8 Å². The molecule has 0 radical (unpaired) electrons. The quantitative estimate of drug-likeness (QED) is 0.750. The maximum absolute atomic E-state index is 11.8. The lowest BCUT2D eigenvalue weighted by atomic mass is 9.98. The first-order valence-corrected chi connectivity index (χ1v) is 7.45. The number of hydrogen-bond acceptors (Lipinski definition) is 5. The van der Waals surface area contributed by atoms with Gasteiger partial charge in [-0.25, -0.2) is 0 Å². The van der Waals surface area contributed by atoms with Crippen molar-refractivity contribution in [2.24, 2.45) is 11.5 Å². The van der Waals surface area contributed by atoms with E-state index in [0.717, 1.165) is 29.8 Å². The highest BCUT2D eigenvalue weighted by Crippen LogP contribution is 2.33. The lowest BCUT2D eigenvalue weighted by molar-refractivity contribution is -0.140. The van der Waals surface area contributed by atoms with E-state index in [0.29, 0.717) is 18.5 Å². The Morgan fingerprint density at radius 3 is 2.73 bits per heavy atom. The molecule has 6 heteroatoms. The highest BCUT2D eigenvalue weighted by molar-refractivity contribution is 6.00. The van der Waals surface area contributed by atoms with Crippen molar-refractivity contribution in [2.45, 2.75) is 32.2 Å². The van der Waals surface area contributed by atoms with Gasteiger partial charge >= 0.3 is 5.97 Å². The van der Waals surface area contributed by atoms with Crippen LogP contribution in [0.3, 0.4) is 0 Å². The summed E-state index contributed by atoms with van der Waals surface area (Å²) in [6, 6.07) is 3.93. The van der Waals surface area contributed by atoms with E-state index in [1.165, 1.54) is 7.11 Å². The molecule has 2 rings (SSSR count). The zero-order valence-corrected chi connectivity index (χ0v) is 13.1. The monoisotopic (exact) mass is 305 g/mol. The number of fused-ring (bicyclic) bond motifs is 1. The molecule has 1 aliphatic heterocycles. The number of nitrogens with zero attached hydrogens (tertiary/aromatic N) is 1. The van der Waals surface area contributed by atoms with E-state index in [4.69, 9.17) is 11.5 Å². The molecule has 0 aromatic heterocycles. The number of carbonyl (C=O) groups excluding carboxylic acids is 2. The highest BCUT2D eigenvalue weighted by Gasteiger charge is 2.26. The minimum Gasteiger partial charge on any atom is -0.469 e. The predicted octanol–water partition coefficient (Wildman–Crippen LogP) is 0.601. The number of nitrogens with two attached hydrogens (primary N) is 2. The number of rotatable bonds is 6. The molecule has 6 nitrogen and oxygen atoms in total. The van der Waals surface area contributed by atoms with E-state index in [1.54, 1.807) is 0 Å². The number of benzene rings is 1. The standard InChI is InChI=1S/C16H23N3O3/c1-10(17)7-11-8-12-3-5-19(6-4-14(20)22-2)15(12)13(9-11)16(18)21/h8-10H,3-7,17H2,1-2H3,(H2,18,21)/t10-/m1/s1. The molecule has 0 saturated carbocycles. The number of esters is 1. The summed E-state index contributed by atoms with van der Waals surface area (Å²) >= 11 is 0. The van der Waals surface area contributed by atoms with Gasteiger partial charge in [0.15, 0.2) is 0 Å². The van der Waals surface area contributed by atoms with Crippen LogP contribution in [0.15, 0.2) is 12.1 Å². The Labute approximate surface area is 130 Å². The second kappa shape index (κ2) is 6.79. The molecule has 1 aromatic carbocycles. The van der Waals surface area contributed by atoms with Gasteiger partial charge in [-0.2, -0.15) is 0 Å². The third-order valence-corrected chi connectivity index (χ3v) is 3.85. The van der Waals surface area contributed by atoms with E-state index >= 15 is 0 Å². The van der Waals surface area contributed by atoms with Crippen molar-refractivity contribution in [3.05, 3.63) is 28.8 Å². The lowest BCUT2D eigenvalue weighted by Gasteiger charge is -2.21. The first-order chi connectivity index (χ1) is 10.4. The molecule has 1 aliphatic rings. The minimum atomic E-state index is -0.451. The Morgan fingerprint density at radius 1 is 1.41 bits per heavy atom. The van der Waals surface area contributed by atoms with Crippen LogP contribution in [0.4, 0.5) is 5.69 Å². The molecule has 120 valence electrons. The molecule has 0 fully saturated rings. The summed E-state index contributed by atoms with van der Waals surface area (Å²) < 4.78 is 4.67. The number of anilines is 1. The molecular formula is C16H23N3O3. The van der Waals surface area contributed by atoms with Crippen molar-refractivity contribution in [3.63, 3.8) is 0 Å². The van der Waals surface area contributed by atoms with Crippen LogP contribution in [-0.4, -0.2) is 38.1 Å². The molecule has 0 spiro atoms. The van der Waals surface area contributed by atoms with Gasteiger partial charge in [0.1, 0.15) is 0 Å². The second-order valence-electron chi connectivity index (χ2n) is 5.76. The van der Waals surface area contributed by atoms with Crippen molar-refractivity contribution < 1.29 is 14.3 Å². The summed E-state index contributed by atoms with van der Waals surface area (Å²) in [6.07, 6.45) is 1.83. The summed E-state index contributed by atoms with van der Waals surface area (Å²) in [5.74, 6) is -0.713. The average Bonchev–Trinajstić information content (AvgIpc) is 2.86. The van der Waals surface area contributed by atoms with Gasteiger partial charge in [-0.05, 0) is 37.0 Å². The average molecular weight is 305 g/mol. The first kappa shape index (κ1) is 16.3. The van der Waals surface area contributed by atoms with Crippen LogP contribution in [0.2, 0.25) is 0 Å². The number of hydrogen-bond donors (Lipinski definition) is 2. The molecule has 1 aromatic rings. The van der Waals surface area contributed by atoms with Gasteiger partial charge in [-0.3, -0.25) is 9.59 Å². The Hall–Kier alpha value is -2.08. The SMILES string of the molecule is COC(=O)CCN1CCc2cc(C[C@@H](C)N)cc(C(N)=O)c21. The molecule has 0 bridgehead atoms. The Morgan fingerprint density at radius 2 is 2.14 bits per heavy atom. The fourth-order valence-corrected chi connectivity index (χ4v) is 2.92. The second-order valence-corrected chi connectivity index (χ2v) is 5.76. The van der Waals surface area contributed by atoms with Crippen LogP contribution in [0.5, 0.6) is 0 Å². The van der Waals surface area contributed by atoms with Crippen LogP contribution in [0, 0.1) is 0 Å². The fraction of sp³-hybridized carbons (Fsp3) is 0.500. The van der Waals surface area contributed by atoms with Crippen LogP contribution < -0.4 is 16.4 Å². The van der Waals surface area contributed by atoms with Gasteiger partial charge in [0.25, 0.3) is 5.91 Å². The van der Waals surface area contributed by atoms with Crippen molar-refractivity contribution in [1.82, 2.24) is 0 Å². The van der Waals surface area contributed by atoms with E-state index in [2.05, 4.69) is 10.8 Å². The highest BCUT2D eigenvalue weighted by atomic mass is 16.5. The zero-order valence-electron chi connectivity index (χ0n) is 13.1. The number of methoxy groups -OCH3 is 1. The molecule has 0 saturated heterocycles. The van der Waals surface area contributed by atoms with Gasteiger partial charge < -0.3 is 21.1 Å². The summed E-state index contributed by atoms with van der Waals surface area (Å²) in [5.41, 5.74) is 14.9. The number of carbonyl (C=O) groups is 2. The van der Waals surface area contributed by atoms with Crippen LogP contribution in [0.25, 0.3) is 0 Å². The third kappa shape index (κ3) is 3.57. The predicted molar refractivity (Wildman–Crippen MR) is 84.9 cm³/mol. The first-order valence-electron chi connectivity index (χ1n) is 7.45. The molecule has 0 aliphatic carbocycles. The zero-order chi connectivity index (χ0) is 16.3.